The lowest BCUT2D eigenvalue weighted by Gasteiger charge is -2.20. The maximum atomic E-state index is 12.7. The Kier molecular flexibility index (Phi) is 4.51. The molecule has 0 aliphatic carbocycles. The molecule has 3 heterocycles. The Hall–Kier alpha value is -2.60. The minimum atomic E-state index is -0.286. The molecule has 1 aliphatic rings. The average Bonchev–Trinajstić information content (AvgIpc) is 3.27. The number of aryl methyl sites for hydroxylation is 1. The summed E-state index contributed by atoms with van der Waals surface area (Å²) in [7, 11) is 1.93. The molecule has 4 rings (SSSR count). The Morgan fingerprint density at radius 2 is 2.00 bits per heavy atom. The zero-order chi connectivity index (χ0) is 18.1. The quantitative estimate of drug-likeness (QED) is 0.709. The summed E-state index contributed by atoms with van der Waals surface area (Å²) in [5, 5.41) is 8.79. The van der Waals surface area contributed by atoms with E-state index in [0.29, 0.717) is 11.6 Å². The fourth-order valence-corrected chi connectivity index (χ4v) is 3.77. The molecule has 0 bridgehead atoms. The molecule has 7 heteroatoms. The van der Waals surface area contributed by atoms with Crippen molar-refractivity contribution in [2.24, 2.45) is 13.0 Å². The van der Waals surface area contributed by atoms with E-state index in [-0.39, 0.29) is 10.6 Å². The highest BCUT2D eigenvalue weighted by Gasteiger charge is 2.26. The SMILES string of the molecule is Cn1cc(CC2CCN(c3cnn(-c4ccccc4)c(=O)c3Cl)C2)cn1. The van der Waals surface area contributed by atoms with Crippen LogP contribution in [0.2, 0.25) is 5.02 Å². The van der Waals surface area contributed by atoms with Gasteiger partial charge in [-0.05, 0) is 36.5 Å². The van der Waals surface area contributed by atoms with Crippen LogP contribution in [0.5, 0.6) is 0 Å². The molecule has 0 N–H and O–H groups in total. The number of aromatic nitrogens is 4. The molecule has 1 fully saturated rings. The van der Waals surface area contributed by atoms with Gasteiger partial charge in [-0.2, -0.15) is 14.9 Å². The third-order valence-electron chi connectivity index (χ3n) is 4.81. The summed E-state index contributed by atoms with van der Waals surface area (Å²) in [6.45, 7) is 1.74. The zero-order valence-electron chi connectivity index (χ0n) is 14.5. The van der Waals surface area contributed by atoms with Crippen LogP contribution in [0.4, 0.5) is 5.69 Å². The second-order valence-corrected chi connectivity index (χ2v) is 7.10. The van der Waals surface area contributed by atoms with Gasteiger partial charge in [0.2, 0.25) is 0 Å². The Labute approximate surface area is 156 Å². The predicted octanol–water partition coefficient (Wildman–Crippen LogP) is 2.69. The number of anilines is 1. The van der Waals surface area contributed by atoms with Crippen molar-refractivity contribution in [3.63, 3.8) is 0 Å². The number of hydrogen-bond acceptors (Lipinski definition) is 4. The van der Waals surface area contributed by atoms with Crippen LogP contribution in [0, 0.1) is 5.92 Å². The molecular formula is C19H20ClN5O. The summed E-state index contributed by atoms with van der Waals surface area (Å²) in [5.74, 6) is 0.520. The first kappa shape index (κ1) is 16.8. The Balaban J connectivity index is 1.53. The zero-order valence-corrected chi connectivity index (χ0v) is 15.3. The van der Waals surface area contributed by atoms with Crippen molar-refractivity contribution in [2.75, 3.05) is 18.0 Å². The lowest BCUT2D eigenvalue weighted by atomic mass is 10.0. The molecule has 0 spiro atoms. The van der Waals surface area contributed by atoms with Gasteiger partial charge in [0.1, 0.15) is 5.02 Å². The monoisotopic (exact) mass is 369 g/mol. The molecule has 0 saturated carbocycles. The molecular weight excluding hydrogens is 350 g/mol. The molecule has 134 valence electrons. The summed E-state index contributed by atoms with van der Waals surface area (Å²) >= 11 is 6.41. The van der Waals surface area contributed by atoms with Crippen LogP contribution in [-0.2, 0) is 13.5 Å². The van der Waals surface area contributed by atoms with Gasteiger partial charge in [0.05, 0.1) is 23.8 Å². The highest BCUT2D eigenvalue weighted by Crippen LogP contribution is 2.29. The summed E-state index contributed by atoms with van der Waals surface area (Å²) in [6, 6.07) is 9.31. The van der Waals surface area contributed by atoms with Crippen LogP contribution >= 0.6 is 11.6 Å². The van der Waals surface area contributed by atoms with Gasteiger partial charge in [0.15, 0.2) is 0 Å². The van der Waals surface area contributed by atoms with Gasteiger partial charge in [-0.25, -0.2) is 0 Å². The van der Waals surface area contributed by atoms with E-state index in [9.17, 15) is 4.79 Å². The molecule has 6 nitrogen and oxygen atoms in total. The summed E-state index contributed by atoms with van der Waals surface area (Å²) in [4.78, 5) is 14.8. The number of hydrogen-bond donors (Lipinski definition) is 0. The summed E-state index contributed by atoms with van der Waals surface area (Å²) in [5.41, 5.74) is 2.38. The molecule has 0 radical (unpaired) electrons. The Morgan fingerprint density at radius 1 is 1.19 bits per heavy atom. The predicted molar refractivity (Wildman–Crippen MR) is 102 cm³/mol. The van der Waals surface area contributed by atoms with Crippen molar-refractivity contribution in [1.29, 1.82) is 0 Å². The highest BCUT2D eigenvalue weighted by molar-refractivity contribution is 6.33. The largest absolute Gasteiger partial charge is 0.369 e. The average molecular weight is 370 g/mol. The van der Waals surface area contributed by atoms with Crippen LogP contribution in [0.25, 0.3) is 5.69 Å². The molecule has 2 aromatic heterocycles. The van der Waals surface area contributed by atoms with Gasteiger partial charge in [-0.15, -0.1) is 0 Å². The van der Waals surface area contributed by atoms with Crippen molar-refractivity contribution in [2.45, 2.75) is 12.8 Å². The second kappa shape index (κ2) is 6.96. The molecule has 1 unspecified atom stereocenters. The van der Waals surface area contributed by atoms with E-state index in [2.05, 4.69) is 21.3 Å². The Morgan fingerprint density at radius 3 is 2.73 bits per heavy atom. The van der Waals surface area contributed by atoms with E-state index in [1.165, 1.54) is 10.2 Å². The first-order chi connectivity index (χ1) is 12.6. The third-order valence-corrected chi connectivity index (χ3v) is 5.17. The van der Waals surface area contributed by atoms with E-state index in [4.69, 9.17) is 11.6 Å². The van der Waals surface area contributed by atoms with Crippen LogP contribution in [0.3, 0.4) is 0 Å². The topological polar surface area (TPSA) is 56.0 Å². The number of nitrogens with zero attached hydrogens (tertiary/aromatic N) is 5. The standard InChI is InChI=1S/C19H20ClN5O/c1-23-12-15(10-21-23)9-14-7-8-24(13-14)17-11-22-25(19(26)18(17)20)16-5-3-2-4-6-16/h2-6,10-12,14H,7-9,13H2,1H3. The van der Waals surface area contributed by atoms with Crippen LogP contribution in [-0.4, -0.2) is 32.7 Å². The lowest BCUT2D eigenvalue weighted by molar-refractivity contribution is 0.586. The molecule has 0 amide bonds. The molecule has 3 aromatic rings. The number of halogens is 1. The number of rotatable bonds is 4. The fraction of sp³-hybridized carbons (Fsp3) is 0.316. The van der Waals surface area contributed by atoms with E-state index < -0.39 is 0 Å². The van der Waals surface area contributed by atoms with Crippen molar-refractivity contribution in [1.82, 2.24) is 19.6 Å². The summed E-state index contributed by atoms with van der Waals surface area (Å²) < 4.78 is 3.17. The number of benzene rings is 1. The van der Waals surface area contributed by atoms with Gasteiger partial charge in [0.25, 0.3) is 5.56 Å². The van der Waals surface area contributed by atoms with Gasteiger partial charge in [-0.1, -0.05) is 29.8 Å². The smallest absolute Gasteiger partial charge is 0.292 e. The summed E-state index contributed by atoms with van der Waals surface area (Å²) in [6.07, 6.45) is 7.71. The van der Waals surface area contributed by atoms with E-state index >= 15 is 0 Å². The third kappa shape index (κ3) is 3.24. The molecule has 26 heavy (non-hydrogen) atoms. The molecule has 1 aromatic carbocycles. The van der Waals surface area contributed by atoms with E-state index in [0.717, 1.165) is 31.6 Å². The molecule has 1 saturated heterocycles. The second-order valence-electron chi connectivity index (χ2n) is 6.72. The minimum Gasteiger partial charge on any atom is -0.369 e. The van der Waals surface area contributed by atoms with Gasteiger partial charge in [0, 0.05) is 26.3 Å². The van der Waals surface area contributed by atoms with E-state index in [1.54, 1.807) is 6.20 Å². The van der Waals surface area contributed by atoms with E-state index in [1.807, 2.05) is 48.3 Å². The van der Waals surface area contributed by atoms with Gasteiger partial charge < -0.3 is 4.90 Å². The minimum absolute atomic E-state index is 0.228. The fourth-order valence-electron chi connectivity index (χ4n) is 3.53. The number of para-hydroxylation sites is 1. The van der Waals surface area contributed by atoms with Crippen molar-refractivity contribution in [3.05, 3.63) is 69.9 Å². The van der Waals surface area contributed by atoms with Crippen LogP contribution in [0.15, 0.2) is 53.7 Å². The van der Waals surface area contributed by atoms with Crippen LogP contribution in [0.1, 0.15) is 12.0 Å². The maximum absolute atomic E-state index is 12.7. The normalized spacial score (nSPS) is 17.0. The molecule has 1 atom stereocenters. The molecule has 1 aliphatic heterocycles. The van der Waals surface area contributed by atoms with Crippen LogP contribution < -0.4 is 10.5 Å². The van der Waals surface area contributed by atoms with Crippen molar-refractivity contribution >= 4 is 17.3 Å². The van der Waals surface area contributed by atoms with Crippen molar-refractivity contribution < 1.29 is 0 Å². The Bertz CT molecular complexity index is 966. The van der Waals surface area contributed by atoms with Gasteiger partial charge in [-0.3, -0.25) is 9.48 Å². The first-order valence-corrected chi connectivity index (χ1v) is 9.05. The maximum Gasteiger partial charge on any atom is 0.292 e. The van der Waals surface area contributed by atoms with Gasteiger partial charge >= 0.3 is 0 Å². The lowest BCUT2D eigenvalue weighted by Crippen LogP contribution is -2.27. The highest BCUT2D eigenvalue weighted by atomic mass is 35.5. The van der Waals surface area contributed by atoms with Crippen molar-refractivity contribution in [3.8, 4) is 5.69 Å². The first-order valence-electron chi connectivity index (χ1n) is 8.67.